The average Bonchev–Trinajstić information content (AvgIpc) is 2.78. The molecular formula is C22H19Cl2F6NO5S. The molecule has 0 aromatic heterocycles. The van der Waals surface area contributed by atoms with Crippen LogP contribution < -0.4 is 0 Å². The summed E-state index contributed by atoms with van der Waals surface area (Å²) in [6.45, 7) is -1.08. The van der Waals surface area contributed by atoms with Crippen molar-refractivity contribution in [3.63, 3.8) is 0 Å². The number of hydrogen-bond donors (Lipinski definition) is 0. The minimum atomic E-state index is -5.13. The number of halogens is 8. The molecule has 1 amide bonds. The number of rotatable bonds is 6. The molecule has 0 spiro atoms. The maximum Gasteiger partial charge on any atom is 0.416 e. The number of alkyl halides is 6. The predicted molar refractivity (Wildman–Crippen MR) is 122 cm³/mol. The van der Waals surface area contributed by atoms with Crippen molar-refractivity contribution in [3.05, 3.63) is 68.7 Å². The maximum absolute atomic E-state index is 13.3. The molecule has 1 heterocycles. The molecule has 3 rings (SSSR count). The quantitative estimate of drug-likeness (QED) is 0.314. The van der Waals surface area contributed by atoms with E-state index in [1.54, 1.807) is 0 Å². The van der Waals surface area contributed by atoms with Crippen LogP contribution in [-0.2, 0) is 37.0 Å². The summed E-state index contributed by atoms with van der Waals surface area (Å²) < 4.78 is 113. The molecule has 1 aliphatic heterocycles. The van der Waals surface area contributed by atoms with Crippen molar-refractivity contribution in [1.29, 1.82) is 0 Å². The largest absolute Gasteiger partial charge is 0.416 e. The van der Waals surface area contributed by atoms with Gasteiger partial charge in [-0.3, -0.25) is 8.98 Å². The Morgan fingerprint density at radius 3 is 2.14 bits per heavy atom. The number of amides is 1. The molecular weight excluding hydrogens is 575 g/mol. The van der Waals surface area contributed by atoms with E-state index in [2.05, 4.69) is 0 Å². The van der Waals surface area contributed by atoms with Gasteiger partial charge >= 0.3 is 12.4 Å². The molecule has 204 valence electrons. The van der Waals surface area contributed by atoms with Crippen LogP contribution >= 0.6 is 23.2 Å². The second kappa shape index (κ2) is 10.6. The van der Waals surface area contributed by atoms with Crippen LogP contribution in [0.1, 0.15) is 33.5 Å². The summed E-state index contributed by atoms with van der Waals surface area (Å²) in [7, 11) is -3.86. The van der Waals surface area contributed by atoms with Gasteiger partial charge in [0.25, 0.3) is 16.0 Å². The predicted octanol–water partition coefficient (Wildman–Crippen LogP) is 5.77. The van der Waals surface area contributed by atoms with E-state index in [1.807, 2.05) is 0 Å². The van der Waals surface area contributed by atoms with Crippen LogP contribution in [0.4, 0.5) is 26.3 Å². The highest BCUT2D eigenvalue weighted by molar-refractivity contribution is 7.85. The van der Waals surface area contributed by atoms with E-state index in [4.69, 9.17) is 32.1 Å². The molecule has 0 bridgehead atoms. The van der Waals surface area contributed by atoms with Gasteiger partial charge in [-0.05, 0) is 35.9 Å². The molecule has 0 N–H and O–H groups in total. The molecule has 1 unspecified atom stereocenters. The summed E-state index contributed by atoms with van der Waals surface area (Å²) in [5, 5.41) is 0.280. The SMILES string of the molecule is CS(=O)(=O)OCCC1(c2ccc(Cl)c(Cl)c2)CN(C(=O)c2cc(C(F)(F)F)cc(C(F)(F)F)c2)CCO1. The third-order valence-corrected chi connectivity index (χ3v) is 6.89. The van der Waals surface area contributed by atoms with Gasteiger partial charge in [0.15, 0.2) is 0 Å². The van der Waals surface area contributed by atoms with Crippen molar-refractivity contribution in [2.24, 2.45) is 0 Å². The highest BCUT2D eigenvalue weighted by Crippen LogP contribution is 2.39. The first-order valence-electron chi connectivity index (χ1n) is 10.4. The molecule has 2 aromatic carbocycles. The lowest BCUT2D eigenvalue weighted by molar-refractivity contribution is -0.143. The summed E-state index contributed by atoms with van der Waals surface area (Å²) in [6, 6.07) is 4.95. The number of ether oxygens (including phenoxy) is 1. The molecule has 6 nitrogen and oxygen atoms in total. The fourth-order valence-corrected chi connectivity index (χ4v) is 4.51. The van der Waals surface area contributed by atoms with E-state index in [1.165, 1.54) is 18.2 Å². The highest BCUT2D eigenvalue weighted by atomic mass is 35.5. The molecule has 1 fully saturated rings. The molecule has 2 aromatic rings. The van der Waals surface area contributed by atoms with Gasteiger partial charge in [-0.15, -0.1) is 0 Å². The number of hydrogen-bond acceptors (Lipinski definition) is 5. The fourth-order valence-electron chi connectivity index (χ4n) is 3.83. The first-order chi connectivity index (χ1) is 16.9. The minimum absolute atomic E-state index is 0.0708. The van der Waals surface area contributed by atoms with Crippen molar-refractivity contribution in [1.82, 2.24) is 4.90 Å². The molecule has 1 saturated heterocycles. The molecule has 0 aliphatic carbocycles. The summed E-state index contributed by atoms with van der Waals surface area (Å²) in [6.07, 6.45) is -9.59. The van der Waals surface area contributed by atoms with Crippen LogP contribution in [0.5, 0.6) is 0 Å². The van der Waals surface area contributed by atoms with Crippen LogP contribution in [0.15, 0.2) is 36.4 Å². The van der Waals surface area contributed by atoms with Crippen molar-refractivity contribution in [3.8, 4) is 0 Å². The lowest BCUT2D eigenvalue weighted by atomic mass is 9.88. The molecule has 1 aliphatic rings. The van der Waals surface area contributed by atoms with E-state index in [-0.39, 0.29) is 42.2 Å². The van der Waals surface area contributed by atoms with E-state index >= 15 is 0 Å². The molecule has 0 radical (unpaired) electrons. The maximum atomic E-state index is 13.3. The van der Waals surface area contributed by atoms with Crippen LogP contribution in [0.3, 0.4) is 0 Å². The zero-order valence-electron chi connectivity index (χ0n) is 18.9. The van der Waals surface area contributed by atoms with E-state index < -0.39 is 57.3 Å². The molecule has 1 atom stereocenters. The summed E-state index contributed by atoms with van der Waals surface area (Å²) in [5.41, 5.74) is -5.19. The van der Waals surface area contributed by atoms with E-state index in [0.717, 1.165) is 11.2 Å². The topological polar surface area (TPSA) is 72.9 Å². The standard InChI is InChI=1S/C22H19Cl2F6NO5S/c1-37(33,34)36-6-4-20(14-2-3-17(23)18(24)11-14)12-31(5-7-35-20)19(32)13-8-15(21(25,26)27)10-16(9-13)22(28,29)30/h2-3,8-11H,4-7,12H2,1H3. The normalized spacial score (nSPS) is 19.2. The summed E-state index contributed by atoms with van der Waals surface area (Å²) in [5.74, 6) is -1.10. The minimum Gasteiger partial charge on any atom is -0.366 e. The summed E-state index contributed by atoms with van der Waals surface area (Å²) in [4.78, 5) is 14.2. The monoisotopic (exact) mass is 593 g/mol. The number of nitrogens with zero attached hydrogens (tertiary/aromatic N) is 1. The zero-order valence-corrected chi connectivity index (χ0v) is 21.2. The van der Waals surface area contributed by atoms with Crippen LogP contribution in [0.25, 0.3) is 0 Å². The van der Waals surface area contributed by atoms with Gasteiger partial charge < -0.3 is 9.64 Å². The van der Waals surface area contributed by atoms with Crippen LogP contribution in [-0.4, -0.2) is 51.8 Å². The van der Waals surface area contributed by atoms with Gasteiger partial charge in [0, 0.05) is 18.5 Å². The zero-order chi connectivity index (χ0) is 27.8. The smallest absolute Gasteiger partial charge is 0.366 e. The van der Waals surface area contributed by atoms with Crippen molar-refractivity contribution >= 4 is 39.2 Å². The number of benzene rings is 2. The third kappa shape index (κ3) is 7.29. The number of carbonyl (C=O) groups is 1. The van der Waals surface area contributed by atoms with Gasteiger partial charge in [-0.1, -0.05) is 29.3 Å². The number of morpholine rings is 1. The Morgan fingerprint density at radius 2 is 1.62 bits per heavy atom. The second-order valence-corrected chi connectivity index (χ2v) is 10.7. The van der Waals surface area contributed by atoms with E-state index in [0.29, 0.717) is 17.7 Å². The Kier molecular flexibility index (Phi) is 8.45. The highest BCUT2D eigenvalue weighted by Gasteiger charge is 2.42. The van der Waals surface area contributed by atoms with Gasteiger partial charge in [0.05, 0.1) is 47.2 Å². The first-order valence-corrected chi connectivity index (χ1v) is 13.0. The lowest BCUT2D eigenvalue weighted by Crippen LogP contribution is -2.52. The number of carbonyl (C=O) groups excluding carboxylic acids is 1. The van der Waals surface area contributed by atoms with Gasteiger partial charge in [-0.25, -0.2) is 0 Å². The van der Waals surface area contributed by atoms with Crippen molar-refractivity contribution in [2.75, 3.05) is 32.6 Å². The Balaban J connectivity index is 2.01. The molecule has 37 heavy (non-hydrogen) atoms. The van der Waals surface area contributed by atoms with Crippen molar-refractivity contribution in [2.45, 2.75) is 24.4 Å². The third-order valence-electron chi connectivity index (χ3n) is 5.56. The molecule has 0 saturated carbocycles. The Morgan fingerprint density at radius 1 is 1.03 bits per heavy atom. The van der Waals surface area contributed by atoms with Gasteiger partial charge in [-0.2, -0.15) is 34.8 Å². The van der Waals surface area contributed by atoms with Gasteiger partial charge in [0.2, 0.25) is 0 Å². The Hall–Kier alpha value is -2.06. The first kappa shape index (κ1) is 29.5. The van der Waals surface area contributed by atoms with Crippen LogP contribution in [0, 0.1) is 0 Å². The lowest BCUT2D eigenvalue weighted by Gasteiger charge is -2.43. The summed E-state index contributed by atoms with van der Waals surface area (Å²) >= 11 is 12.1. The van der Waals surface area contributed by atoms with Crippen molar-refractivity contribution < 1.29 is 48.5 Å². The average molecular weight is 594 g/mol. The second-order valence-electron chi connectivity index (χ2n) is 8.27. The van der Waals surface area contributed by atoms with Gasteiger partial charge in [0.1, 0.15) is 5.60 Å². The van der Waals surface area contributed by atoms with Crippen LogP contribution in [0.2, 0.25) is 10.0 Å². The Bertz CT molecular complexity index is 1250. The molecule has 15 heteroatoms. The Labute approximate surface area is 218 Å². The fraction of sp³-hybridized carbons (Fsp3) is 0.409. The van der Waals surface area contributed by atoms with E-state index in [9.17, 15) is 39.6 Å².